The fourth-order valence-corrected chi connectivity index (χ4v) is 1.38. The number of carbonyl (C=O) groups is 1. The van der Waals surface area contributed by atoms with E-state index in [2.05, 4.69) is 15.9 Å². The lowest BCUT2D eigenvalue weighted by Gasteiger charge is -2.19. The van der Waals surface area contributed by atoms with Gasteiger partial charge in [0.25, 0.3) is 0 Å². The first-order valence-electron chi connectivity index (χ1n) is 4.67. The van der Waals surface area contributed by atoms with Crippen LogP contribution >= 0.6 is 15.9 Å². The molecule has 1 amide bonds. The molecule has 0 aromatic rings. The summed E-state index contributed by atoms with van der Waals surface area (Å²) in [4.78, 5) is 13.2. The fourth-order valence-electron chi connectivity index (χ4n) is 0.956. The second-order valence-electron chi connectivity index (χ2n) is 2.71. The smallest absolute Gasteiger partial charge is 0.248 e. The van der Waals surface area contributed by atoms with E-state index in [0.29, 0.717) is 6.61 Å². The van der Waals surface area contributed by atoms with Crippen molar-refractivity contribution in [2.75, 3.05) is 31.6 Å². The van der Waals surface area contributed by atoms with Crippen molar-refractivity contribution in [1.82, 2.24) is 4.90 Å². The molecule has 78 valence electrons. The van der Waals surface area contributed by atoms with Crippen molar-refractivity contribution >= 4 is 21.8 Å². The first-order valence-corrected chi connectivity index (χ1v) is 5.79. The van der Waals surface area contributed by atoms with E-state index in [1.165, 1.54) is 0 Å². The predicted octanol–water partition coefficient (Wildman–Crippen LogP) is 1.66. The highest BCUT2D eigenvalue weighted by Crippen LogP contribution is 1.93. The van der Waals surface area contributed by atoms with Gasteiger partial charge in [-0.3, -0.25) is 4.79 Å². The molecule has 0 heterocycles. The summed E-state index contributed by atoms with van der Waals surface area (Å²) >= 11 is 3.31. The number of rotatable bonds is 7. The highest BCUT2D eigenvalue weighted by atomic mass is 79.9. The standard InChI is InChI=1S/C9H18BrNO2/c1-3-7-13-8-9(12)11(4-2)6-5-10/h3-8H2,1-2H3. The van der Waals surface area contributed by atoms with Gasteiger partial charge in [-0.25, -0.2) is 0 Å². The van der Waals surface area contributed by atoms with Gasteiger partial charge < -0.3 is 9.64 Å². The number of hydrogen-bond acceptors (Lipinski definition) is 2. The zero-order chi connectivity index (χ0) is 10.1. The summed E-state index contributed by atoms with van der Waals surface area (Å²) < 4.78 is 5.17. The van der Waals surface area contributed by atoms with Gasteiger partial charge in [-0.15, -0.1) is 0 Å². The number of likely N-dealkylation sites (N-methyl/N-ethyl adjacent to an activating group) is 1. The van der Waals surface area contributed by atoms with E-state index in [1.807, 2.05) is 13.8 Å². The van der Waals surface area contributed by atoms with Crippen LogP contribution in [-0.2, 0) is 9.53 Å². The van der Waals surface area contributed by atoms with E-state index in [4.69, 9.17) is 4.74 Å². The number of nitrogens with zero attached hydrogens (tertiary/aromatic N) is 1. The molecule has 0 aliphatic heterocycles. The number of hydrogen-bond donors (Lipinski definition) is 0. The molecule has 0 saturated carbocycles. The largest absolute Gasteiger partial charge is 0.372 e. The molecule has 0 unspecified atom stereocenters. The summed E-state index contributed by atoms with van der Waals surface area (Å²) in [6, 6.07) is 0. The average Bonchev–Trinajstić information content (AvgIpc) is 2.14. The Hall–Kier alpha value is -0.0900. The molecule has 13 heavy (non-hydrogen) atoms. The molecule has 0 aliphatic rings. The minimum Gasteiger partial charge on any atom is -0.372 e. The SMILES string of the molecule is CCCOCC(=O)N(CC)CCBr. The second kappa shape index (κ2) is 8.51. The van der Waals surface area contributed by atoms with Gasteiger partial charge >= 0.3 is 0 Å². The molecule has 0 radical (unpaired) electrons. The molecule has 0 fully saturated rings. The molecule has 0 atom stereocenters. The van der Waals surface area contributed by atoms with Crippen LogP contribution in [0.2, 0.25) is 0 Å². The van der Waals surface area contributed by atoms with Gasteiger partial charge in [0.2, 0.25) is 5.91 Å². The average molecular weight is 252 g/mol. The summed E-state index contributed by atoms with van der Waals surface area (Å²) in [5.74, 6) is 0.0791. The highest BCUT2D eigenvalue weighted by Gasteiger charge is 2.09. The van der Waals surface area contributed by atoms with Gasteiger partial charge in [0.05, 0.1) is 0 Å². The predicted molar refractivity (Wildman–Crippen MR) is 57.2 cm³/mol. The van der Waals surface area contributed by atoms with Crippen LogP contribution in [0.25, 0.3) is 0 Å². The molecule has 0 bridgehead atoms. The van der Waals surface area contributed by atoms with Crippen LogP contribution in [0.15, 0.2) is 0 Å². The Morgan fingerprint density at radius 1 is 1.46 bits per heavy atom. The lowest BCUT2D eigenvalue weighted by atomic mass is 10.4. The van der Waals surface area contributed by atoms with Crippen LogP contribution in [0.3, 0.4) is 0 Å². The Balaban J connectivity index is 3.64. The first kappa shape index (κ1) is 12.9. The third-order valence-electron chi connectivity index (χ3n) is 1.66. The van der Waals surface area contributed by atoms with Gasteiger partial charge in [-0.2, -0.15) is 0 Å². The third kappa shape index (κ3) is 6.05. The van der Waals surface area contributed by atoms with E-state index in [0.717, 1.165) is 24.8 Å². The molecule has 0 aromatic carbocycles. The van der Waals surface area contributed by atoms with E-state index >= 15 is 0 Å². The molecule has 4 heteroatoms. The van der Waals surface area contributed by atoms with Crippen LogP contribution in [0.5, 0.6) is 0 Å². The van der Waals surface area contributed by atoms with Gasteiger partial charge in [-0.1, -0.05) is 22.9 Å². The Morgan fingerprint density at radius 3 is 2.62 bits per heavy atom. The zero-order valence-corrected chi connectivity index (χ0v) is 9.97. The summed E-state index contributed by atoms with van der Waals surface area (Å²) in [7, 11) is 0. The number of alkyl halides is 1. The van der Waals surface area contributed by atoms with Crippen LogP contribution < -0.4 is 0 Å². The number of carbonyl (C=O) groups excluding carboxylic acids is 1. The molecule has 0 aliphatic carbocycles. The minimum absolute atomic E-state index is 0.0791. The van der Waals surface area contributed by atoms with Crippen molar-refractivity contribution in [3.8, 4) is 0 Å². The Kier molecular flexibility index (Phi) is 8.45. The van der Waals surface area contributed by atoms with E-state index in [9.17, 15) is 4.79 Å². The normalized spacial score (nSPS) is 10.1. The maximum Gasteiger partial charge on any atom is 0.248 e. The van der Waals surface area contributed by atoms with Crippen LogP contribution in [-0.4, -0.2) is 42.4 Å². The second-order valence-corrected chi connectivity index (χ2v) is 3.51. The van der Waals surface area contributed by atoms with Crippen molar-refractivity contribution in [2.45, 2.75) is 20.3 Å². The van der Waals surface area contributed by atoms with Gasteiger partial charge in [-0.05, 0) is 13.3 Å². The lowest BCUT2D eigenvalue weighted by molar-refractivity contribution is -0.135. The molecule has 0 spiro atoms. The highest BCUT2D eigenvalue weighted by molar-refractivity contribution is 9.09. The number of ether oxygens (including phenoxy) is 1. The van der Waals surface area contributed by atoms with Gasteiger partial charge in [0, 0.05) is 25.0 Å². The summed E-state index contributed by atoms with van der Waals surface area (Å²) in [6.45, 7) is 6.39. The Labute approximate surface area is 88.6 Å². The van der Waals surface area contributed by atoms with Gasteiger partial charge in [0.1, 0.15) is 6.61 Å². The first-order chi connectivity index (χ1) is 6.26. The molecule has 0 saturated heterocycles. The number of amides is 1. The fraction of sp³-hybridized carbons (Fsp3) is 0.889. The van der Waals surface area contributed by atoms with E-state index < -0.39 is 0 Å². The zero-order valence-electron chi connectivity index (χ0n) is 8.38. The van der Waals surface area contributed by atoms with E-state index in [-0.39, 0.29) is 12.5 Å². The molecular formula is C9H18BrNO2. The van der Waals surface area contributed by atoms with Gasteiger partial charge in [0.15, 0.2) is 0 Å². The van der Waals surface area contributed by atoms with Crippen molar-refractivity contribution in [1.29, 1.82) is 0 Å². The summed E-state index contributed by atoms with van der Waals surface area (Å²) in [5, 5.41) is 0.820. The maximum atomic E-state index is 11.4. The quantitative estimate of drug-likeness (QED) is 0.509. The molecule has 0 N–H and O–H groups in total. The number of halogens is 1. The van der Waals surface area contributed by atoms with Crippen LogP contribution in [0.1, 0.15) is 20.3 Å². The van der Waals surface area contributed by atoms with E-state index in [1.54, 1.807) is 4.90 Å². The maximum absolute atomic E-state index is 11.4. The van der Waals surface area contributed by atoms with Crippen LogP contribution in [0, 0.1) is 0 Å². The minimum atomic E-state index is 0.0791. The Morgan fingerprint density at radius 2 is 2.15 bits per heavy atom. The topological polar surface area (TPSA) is 29.5 Å². The summed E-state index contributed by atoms with van der Waals surface area (Å²) in [6.07, 6.45) is 0.956. The molecular weight excluding hydrogens is 234 g/mol. The molecule has 3 nitrogen and oxygen atoms in total. The lowest BCUT2D eigenvalue weighted by Crippen LogP contribution is -2.35. The third-order valence-corrected chi connectivity index (χ3v) is 2.02. The van der Waals surface area contributed by atoms with Crippen molar-refractivity contribution < 1.29 is 9.53 Å². The molecule has 0 rings (SSSR count). The van der Waals surface area contributed by atoms with Crippen LogP contribution in [0.4, 0.5) is 0 Å². The van der Waals surface area contributed by atoms with Crippen molar-refractivity contribution in [3.63, 3.8) is 0 Å². The monoisotopic (exact) mass is 251 g/mol. The van der Waals surface area contributed by atoms with Crippen molar-refractivity contribution in [3.05, 3.63) is 0 Å². The Bertz CT molecular complexity index is 142. The summed E-state index contributed by atoms with van der Waals surface area (Å²) in [5.41, 5.74) is 0. The van der Waals surface area contributed by atoms with Crippen molar-refractivity contribution in [2.24, 2.45) is 0 Å². The molecule has 0 aromatic heterocycles.